The van der Waals surface area contributed by atoms with Crippen molar-refractivity contribution in [3.8, 4) is 17.2 Å². The molecule has 1 fully saturated rings. The summed E-state index contributed by atoms with van der Waals surface area (Å²) in [6, 6.07) is 12.0. The number of nitrogens with zero attached hydrogens (tertiary/aromatic N) is 2. The molecule has 3 aromatic rings. The lowest BCUT2D eigenvalue weighted by molar-refractivity contribution is -0.123. The summed E-state index contributed by atoms with van der Waals surface area (Å²) in [7, 11) is 1.67. The van der Waals surface area contributed by atoms with Crippen molar-refractivity contribution in [2.45, 2.75) is 26.3 Å². The van der Waals surface area contributed by atoms with Gasteiger partial charge in [-0.05, 0) is 43.8 Å². The number of benzene rings is 2. The minimum absolute atomic E-state index is 0.0778. The molecule has 0 unspecified atom stereocenters. The number of amides is 1. The monoisotopic (exact) mass is 379 g/mol. The van der Waals surface area contributed by atoms with Crippen LogP contribution in [0.15, 0.2) is 40.8 Å². The molecular formula is C22H25N3O3. The van der Waals surface area contributed by atoms with Gasteiger partial charge in [0, 0.05) is 24.0 Å². The first kappa shape index (κ1) is 18.5. The number of rotatable bonds is 5. The van der Waals surface area contributed by atoms with Crippen molar-refractivity contribution in [2.24, 2.45) is 11.7 Å². The Bertz CT molecular complexity index is 1010. The number of likely N-dealkylation sites (tertiary alicyclic amines) is 1. The molecule has 6 nitrogen and oxygen atoms in total. The van der Waals surface area contributed by atoms with Crippen LogP contribution in [0.1, 0.15) is 24.3 Å². The van der Waals surface area contributed by atoms with Gasteiger partial charge in [0.2, 0.25) is 11.8 Å². The van der Waals surface area contributed by atoms with Crippen LogP contribution in [0.4, 0.5) is 0 Å². The molecule has 4 rings (SSSR count). The lowest BCUT2D eigenvalue weighted by Crippen LogP contribution is -2.40. The number of hydrogen-bond donors (Lipinski definition) is 1. The maximum Gasteiger partial charge on any atom is 0.227 e. The van der Waals surface area contributed by atoms with E-state index in [1.165, 1.54) is 0 Å². The fraction of sp³-hybridized carbons (Fsp3) is 0.364. The van der Waals surface area contributed by atoms with Gasteiger partial charge in [-0.15, -0.1) is 0 Å². The summed E-state index contributed by atoms with van der Waals surface area (Å²) < 4.78 is 11.5. The lowest BCUT2D eigenvalue weighted by atomic mass is 9.97. The minimum Gasteiger partial charge on any atom is -0.496 e. The van der Waals surface area contributed by atoms with Gasteiger partial charge in [0.25, 0.3) is 0 Å². The van der Waals surface area contributed by atoms with Gasteiger partial charge in [-0.25, -0.2) is 4.98 Å². The summed E-state index contributed by atoms with van der Waals surface area (Å²) in [6.07, 6.45) is 1.84. The van der Waals surface area contributed by atoms with Gasteiger partial charge in [-0.1, -0.05) is 24.3 Å². The number of primary amides is 1. The maximum atomic E-state index is 11.5. The molecule has 1 saturated heterocycles. The predicted molar refractivity (Wildman–Crippen MR) is 108 cm³/mol. The van der Waals surface area contributed by atoms with Crippen molar-refractivity contribution < 1.29 is 13.9 Å². The molecule has 1 atom stereocenters. The van der Waals surface area contributed by atoms with Crippen LogP contribution < -0.4 is 10.5 Å². The number of aromatic nitrogens is 1. The molecule has 0 saturated carbocycles. The molecule has 0 radical (unpaired) electrons. The van der Waals surface area contributed by atoms with E-state index in [1.54, 1.807) is 7.11 Å². The van der Waals surface area contributed by atoms with E-state index in [-0.39, 0.29) is 11.8 Å². The highest BCUT2D eigenvalue weighted by Crippen LogP contribution is 2.35. The van der Waals surface area contributed by atoms with Gasteiger partial charge in [0.1, 0.15) is 11.5 Å². The highest BCUT2D eigenvalue weighted by atomic mass is 16.5. The third-order valence-electron chi connectivity index (χ3n) is 5.51. The number of fused-ring (bicyclic) bond motifs is 1. The Morgan fingerprint density at radius 2 is 2.07 bits per heavy atom. The molecule has 6 heteroatoms. The molecule has 146 valence electrons. The van der Waals surface area contributed by atoms with Crippen LogP contribution in [-0.4, -0.2) is 36.0 Å². The molecule has 28 heavy (non-hydrogen) atoms. The van der Waals surface area contributed by atoms with Crippen molar-refractivity contribution in [1.82, 2.24) is 9.88 Å². The molecule has 1 aliphatic heterocycles. The minimum atomic E-state index is -0.216. The Kier molecular flexibility index (Phi) is 5.05. The second-order valence-corrected chi connectivity index (χ2v) is 7.36. The van der Waals surface area contributed by atoms with Crippen LogP contribution in [-0.2, 0) is 11.3 Å². The van der Waals surface area contributed by atoms with Crippen LogP contribution in [0.25, 0.3) is 22.2 Å². The van der Waals surface area contributed by atoms with Gasteiger partial charge in [-0.3, -0.25) is 9.69 Å². The van der Waals surface area contributed by atoms with Gasteiger partial charge < -0.3 is 14.9 Å². The van der Waals surface area contributed by atoms with Crippen LogP contribution in [0, 0.1) is 12.8 Å². The third kappa shape index (κ3) is 3.47. The van der Waals surface area contributed by atoms with Crippen molar-refractivity contribution in [1.29, 1.82) is 0 Å². The van der Waals surface area contributed by atoms with E-state index in [0.29, 0.717) is 19.0 Å². The lowest BCUT2D eigenvalue weighted by Gasteiger charge is -2.30. The average molecular weight is 379 g/mol. The molecule has 2 heterocycles. The first-order chi connectivity index (χ1) is 13.6. The highest BCUT2D eigenvalue weighted by Gasteiger charge is 2.25. The molecule has 0 spiro atoms. The molecule has 2 N–H and O–H groups in total. The quantitative estimate of drug-likeness (QED) is 0.734. The summed E-state index contributed by atoms with van der Waals surface area (Å²) in [6.45, 7) is 4.22. The summed E-state index contributed by atoms with van der Waals surface area (Å²) in [5.74, 6) is 1.94. The van der Waals surface area contributed by atoms with E-state index < -0.39 is 0 Å². The normalized spacial score (nSPS) is 17.7. The van der Waals surface area contributed by atoms with Crippen molar-refractivity contribution in [2.75, 3.05) is 20.2 Å². The van der Waals surface area contributed by atoms with E-state index in [1.807, 2.05) is 37.3 Å². The smallest absolute Gasteiger partial charge is 0.227 e. The zero-order valence-corrected chi connectivity index (χ0v) is 16.3. The zero-order chi connectivity index (χ0) is 19.7. The number of nitrogens with two attached hydrogens (primary N) is 1. The summed E-state index contributed by atoms with van der Waals surface area (Å²) in [5.41, 5.74) is 7.35. The first-order valence-electron chi connectivity index (χ1n) is 9.61. The van der Waals surface area contributed by atoms with E-state index >= 15 is 0 Å². The fourth-order valence-electron chi connectivity index (χ4n) is 3.97. The summed E-state index contributed by atoms with van der Waals surface area (Å²) >= 11 is 0. The Hall–Kier alpha value is -2.86. The van der Waals surface area contributed by atoms with Crippen molar-refractivity contribution in [3.05, 3.63) is 47.9 Å². The second kappa shape index (κ2) is 7.64. The first-order valence-corrected chi connectivity index (χ1v) is 9.61. The molecule has 0 aliphatic carbocycles. The summed E-state index contributed by atoms with van der Waals surface area (Å²) in [5, 5.41) is 2.07. The van der Waals surface area contributed by atoms with Gasteiger partial charge in [0.15, 0.2) is 0 Å². The number of carbonyl (C=O) groups excluding carboxylic acids is 1. The number of oxazole rings is 1. The SMILES string of the molecule is COc1ccc(-c2nc(CN3CCC[C@@H](C(N)=O)C3)c(C)o2)c2ccccc12. The standard InChI is InChI=1S/C22H25N3O3/c1-14-19(13-25-11-5-6-15(12-25)21(23)26)24-22(28-14)18-9-10-20(27-2)17-8-4-3-7-16(17)18/h3-4,7-10,15H,5-6,11-13H2,1-2H3,(H2,23,26)/t15-/m1/s1. The van der Waals surface area contributed by atoms with Crippen molar-refractivity contribution >= 4 is 16.7 Å². The number of methoxy groups -OCH3 is 1. The third-order valence-corrected chi connectivity index (χ3v) is 5.51. The fourth-order valence-corrected chi connectivity index (χ4v) is 3.97. The Labute approximate surface area is 164 Å². The number of carbonyl (C=O) groups is 1. The average Bonchev–Trinajstić information content (AvgIpc) is 3.07. The van der Waals surface area contributed by atoms with Gasteiger partial charge >= 0.3 is 0 Å². The van der Waals surface area contributed by atoms with Crippen LogP contribution in [0.3, 0.4) is 0 Å². The molecule has 2 aromatic carbocycles. The van der Waals surface area contributed by atoms with E-state index in [9.17, 15) is 4.79 Å². The van der Waals surface area contributed by atoms with E-state index in [0.717, 1.165) is 52.9 Å². The number of ether oxygens (including phenoxy) is 1. The van der Waals surface area contributed by atoms with Gasteiger partial charge in [-0.2, -0.15) is 0 Å². The maximum absolute atomic E-state index is 11.5. The van der Waals surface area contributed by atoms with Crippen LogP contribution in [0.5, 0.6) is 5.75 Å². The topological polar surface area (TPSA) is 81.6 Å². The largest absolute Gasteiger partial charge is 0.496 e. The van der Waals surface area contributed by atoms with E-state index in [2.05, 4.69) is 11.0 Å². The van der Waals surface area contributed by atoms with Crippen molar-refractivity contribution in [3.63, 3.8) is 0 Å². The molecular weight excluding hydrogens is 354 g/mol. The number of piperidine rings is 1. The van der Waals surface area contributed by atoms with Gasteiger partial charge in [0.05, 0.1) is 18.7 Å². The number of aryl methyl sites for hydroxylation is 1. The highest BCUT2D eigenvalue weighted by molar-refractivity contribution is 5.98. The Balaban J connectivity index is 1.64. The predicted octanol–water partition coefficient (Wildman–Crippen LogP) is 3.51. The second-order valence-electron chi connectivity index (χ2n) is 7.36. The zero-order valence-electron chi connectivity index (χ0n) is 16.3. The van der Waals surface area contributed by atoms with Crippen LogP contribution >= 0.6 is 0 Å². The molecule has 0 bridgehead atoms. The summed E-state index contributed by atoms with van der Waals surface area (Å²) in [4.78, 5) is 18.6. The Morgan fingerprint density at radius 1 is 1.29 bits per heavy atom. The van der Waals surface area contributed by atoms with E-state index in [4.69, 9.17) is 19.9 Å². The molecule has 1 aromatic heterocycles. The molecule has 1 aliphatic rings. The molecule has 1 amide bonds. The Morgan fingerprint density at radius 3 is 2.82 bits per heavy atom. The number of hydrogen-bond acceptors (Lipinski definition) is 5. The van der Waals surface area contributed by atoms with Crippen LogP contribution in [0.2, 0.25) is 0 Å².